The summed E-state index contributed by atoms with van der Waals surface area (Å²) < 4.78 is 10.6. The lowest BCUT2D eigenvalue weighted by Gasteiger charge is -2.34. The SMILES string of the molecule is C=CC(=O)N1CCN(C(=O)CNc2cc(-c3ccc(OC)cc3)c(Cl)cc2OC)CC1. The lowest BCUT2D eigenvalue weighted by Crippen LogP contribution is -2.51. The number of amides is 2. The number of nitrogens with one attached hydrogen (secondary N) is 1. The normalized spacial score (nSPS) is 13.5. The van der Waals surface area contributed by atoms with Gasteiger partial charge in [-0.1, -0.05) is 30.3 Å². The maximum Gasteiger partial charge on any atom is 0.246 e. The molecule has 1 saturated heterocycles. The Morgan fingerprint density at radius 3 is 2.29 bits per heavy atom. The van der Waals surface area contributed by atoms with E-state index in [1.54, 1.807) is 30.1 Å². The van der Waals surface area contributed by atoms with Gasteiger partial charge in [0.1, 0.15) is 11.5 Å². The first kappa shape index (κ1) is 22.5. The van der Waals surface area contributed by atoms with Crippen molar-refractivity contribution >= 4 is 29.1 Å². The quantitative estimate of drug-likeness (QED) is 0.665. The molecule has 3 rings (SSSR count). The highest BCUT2D eigenvalue weighted by atomic mass is 35.5. The average molecular weight is 444 g/mol. The van der Waals surface area contributed by atoms with Gasteiger partial charge in [-0.05, 0) is 29.8 Å². The van der Waals surface area contributed by atoms with E-state index in [1.807, 2.05) is 30.3 Å². The maximum atomic E-state index is 12.7. The molecule has 2 aromatic rings. The van der Waals surface area contributed by atoms with Crippen LogP contribution in [0, 0.1) is 0 Å². The third-order valence-electron chi connectivity index (χ3n) is 5.24. The molecule has 2 aromatic carbocycles. The van der Waals surface area contributed by atoms with E-state index in [1.165, 1.54) is 6.08 Å². The summed E-state index contributed by atoms with van der Waals surface area (Å²) in [6.45, 7) is 5.61. The Morgan fingerprint density at radius 1 is 1.06 bits per heavy atom. The van der Waals surface area contributed by atoms with Crippen LogP contribution < -0.4 is 14.8 Å². The molecule has 8 heteroatoms. The molecule has 0 radical (unpaired) electrons. The van der Waals surface area contributed by atoms with Crippen LogP contribution in [0.5, 0.6) is 11.5 Å². The van der Waals surface area contributed by atoms with Crippen molar-refractivity contribution in [2.45, 2.75) is 0 Å². The van der Waals surface area contributed by atoms with E-state index >= 15 is 0 Å². The molecular weight excluding hydrogens is 418 g/mol. The Balaban J connectivity index is 1.70. The fraction of sp³-hybridized carbons (Fsp3) is 0.304. The number of carbonyl (C=O) groups excluding carboxylic acids is 2. The number of methoxy groups -OCH3 is 2. The van der Waals surface area contributed by atoms with Crippen LogP contribution in [0.1, 0.15) is 0 Å². The predicted molar refractivity (Wildman–Crippen MR) is 122 cm³/mol. The molecule has 0 saturated carbocycles. The van der Waals surface area contributed by atoms with E-state index in [0.29, 0.717) is 42.6 Å². The molecule has 164 valence electrons. The summed E-state index contributed by atoms with van der Waals surface area (Å²) in [5.41, 5.74) is 2.41. The van der Waals surface area contributed by atoms with Crippen molar-refractivity contribution in [1.82, 2.24) is 9.80 Å². The lowest BCUT2D eigenvalue weighted by molar-refractivity contribution is -0.135. The molecule has 1 fully saturated rings. The summed E-state index contributed by atoms with van der Waals surface area (Å²) in [5, 5.41) is 3.71. The number of rotatable bonds is 7. The number of ether oxygens (including phenoxy) is 2. The minimum Gasteiger partial charge on any atom is -0.497 e. The molecule has 1 aliphatic rings. The van der Waals surface area contributed by atoms with E-state index in [9.17, 15) is 9.59 Å². The number of carbonyl (C=O) groups is 2. The van der Waals surface area contributed by atoms with Gasteiger partial charge in [-0.25, -0.2) is 0 Å². The maximum absolute atomic E-state index is 12.7. The van der Waals surface area contributed by atoms with Crippen LogP contribution in [0.15, 0.2) is 49.1 Å². The Hall–Kier alpha value is -3.19. The van der Waals surface area contributed by atoms with Crippen LogP contribution in [0.4, 0.5) is 5.69 Å². The summed E-state index contributed by atoms with van der Waals surface area (Å²) >= 11 is 6.47. The molecule has 0 aromatic heterocycles. The van der Waals surface area contributed by atoms with Crippen LogP contribution in [0.25, 0.3) is 11.1 Å². The van der Waals surface area contributed by atoms with Gasteiger partial charge in [0.2, 0.25) is 11.8 Å². The lowest BCUT2D eigenvalue weighted by atomic mass is 10.0. The van der Waals surface area contributed by atoms with Crippen LogP contribution in [0.2, 0.25) is 5.02 Å². The van der Waals surface area contributed by atoms with Gasteiger partial charge in [0, 0.05) is 37.8 Å². The van der Waals surface area contributed by atoms with E-state index in [0.717, 1.165) is 16.9 Å². The molecule has 0 aliphatic carbocycles. The highest BCUT2D eigenvalue weighted by Crippen LogP contribution is 2.37. The monoisotopic (exact) mass is 443 g/mol. The molecule has 0 atom stereocenters. The summed E-state index contributed by atoms with van der Waals surface area (Å²) in [4.78, 5) is 27.8. The topological polar surface area (TPSA) is 71.1 Å². The first-order valence-corrected chi connectivity index (χ1v) is 10.3. The number of halogens is 1. The van der Waals surface area contributed by atoms with Gasteiger partial charge in [-0.3, -0.25) is 9.59 Å². The van der Waals surface area contributed by atoms with Crippen molar-refractivity contribution in [3.63, 3.8) is 0 Å². The fourth-order valence-corrected chi connectivity index (χ4v) is 3.70. The molecule has 1 heterocycles. The molecule has 1 N–H and O–H groups in total. The molecular formula is C23H26ClN3O4. The van der Waals surface area contributed by atoms with Gasteiger partial charge in [0.15, 0.2) is 0 Å². The highest BCUT2D eigenvalue weighted by molar-refractivity contribution is 6.33. The first-order chi connectivity index (χ1) is 15.0. The number of nitrogens with zero attached hydrogens (tertiary/aromatic N) is 2. The Labute approximate surface area is 187 Å². The summed E-state index contributed by atoms with van der Waals surface area (Å²) in [5.74, 6) is 1.15. The van der Waals surface area contributed by atoms with Crippen LogP contribution in [0.3, 0.4) is 0 Å². The number of benzene rings is 2. The highest BCUT2D eigenvalue weighted by Gasteiger charge is 2.23. The second-order valence-corrected chi connectivity index (χ2v) is 7.43. The Kier molecular flexibility index (Phi) is 7.41. The first-order valence-electron chi connectivity index (χ1n) is 9.91. The largest absolute Gasteiger partial charge is 0.497 e. The zero-order valence-corrected chi connectivity index (χ0v) is 18.4. The molecule has 7 nitrogen and oxygen atoms in total. The Morgan fingerprint density at radius 2 is 1.71 bits per heavy atom. The van der Waals surface area contributed by atoms with Gasteiger partial charge >= 0.3 is 0 Å². The van der Waals surface area contributed by atoms with Gasteiger partial charge in [-0.2, -0.15) is 0 Å². The third kappa shape index (κ3) is 5.30. The number of piperazine rings is 1. The number of hydrogen-bond acceptors (Lipinski definition) is 5. The standard InChI is InChI=1S/C23H26ClN3O4/c1-4-22(28)26-9-11-27(12-10-26)23(29)15-25-20-13-18(19(24)14-21(20)31-3)16-5-7-17(30-2)8-6-16/h4-8,13-14,25H,1,9-12,15H2,2-3H3. The van der Waals surface area contributed by atoms with E-state index < -0.39 is 0 Å². The van der Waals surface area contributed by atoms with Crippen molar-refractivity contribution < 1.29 is 19.1 Å². The van der Waals surface area contributed by atoms with Crippen molar-refractivity contribution in [2.24, 2.45) is 0 Å². The predicted octanol–water partition coefficient (Wildman–Crippen LogP) is 3.29. The Bertz CT molecular complexity index is 954. The zero-order chi connectivity index (χ0) is 22.4. The van der Waals surface area contributed by atoms with Crippen LogP contribution in [-0.4, -0.2) is 68.6 Å². The smallest absolute Gasteiger partial charge is 0.246 e. The molecule has 0 bridgehead atoms. The van der Waals surface area contributed by atoms with Gasteiger partial charge < -0.3 is 24.6 Å². The van der Waals surface area contributed by atoms with Crippen molar-refractivity contribution in [3.05, 3.63) is 54.1 Å². The van der Waals surface area contributed by atoms with Gasteiger partial charge in [0.05, 0.1) is 31.5 Å². The second kappa shape index (κ2) is 10.2. The van der Waals surface area contributed by atoms with Crippen molar-refractivity contribution in [1.29, 1.82) is 0 Å². The summed E-state index contributed by atoms with van der Waals surface area (Å²) in [6.07, 6.45) is 1.30. The summed E-state index contributed by atoms with van der Waals surface area (Å²) in [7, 11) is 3.17. The molecule has 0 unspecified atom stereocenters. The van der Waals surface area contributed by atoms with Gasteiger partial charge in [-0.15, -0.1) is 0 Å². The summed E-state index contributed by atoms with van der Waals surface area (Å²) in [6, 6.07) is 11.2. The van der Waals surface area contributed by atoms with Crippen LogP contribution >= 0.6 is 11.6 Å². The number of hydrogen-bond donors (Lipinski definition) is 1. The van der Waals surface area contributed by atoms with Gasteiger partial charge in [0.25, 0.3) is 0 Å². The number of anilines is 1. The molecule has 1 aliphatic heterocycles. The van der Waals surface area contributed by atoms with E-state index in [-0.39, 0.29) is 18.4 Å². The molecule has 0 spiro atoms. The molecule has 2 amide bonds. The zero-order valence-electron chi connectivity index (χ0n) is 17.7. The minimum atomic E-state index is -0.109. The third-order valence-corrected chi connectivity index (χ3v) is 5.55. The fourth-order valence-electron chi connectivity index (χ4n) is 3.44. The van der Waals surface area contributed by atoms with Crippen molar-refractivity contribution in [3.8, 4) is 22.6 Å². The average Bonchev–Trinajstić information content (AvgIpc) is 2.82. The van der Waals surface area contributed by atoms with E-state index in [4.69, 9.17) is 21.1 Å². The second-order valence-electron chi connectivity index (χ2n) is 7.02. The van der Waals surface area contributed by atoms with Crippen molar-refractivity contribution in [2.75, 3.05) is 52.3 Å². The minimum absolute atomic E-state index is 0.0475. The van der Waals surface area contributed by atoms with Crippen LogP contribution in [-0.2, 0) is 9.59 Å². The molecule has 31 heavy (non-hydrogen) atoms. The van der Waals surface area contributed by atoms with E-state index in [2.05, 4.69) is 11.9 Å².